The van der Waals surface area contributed by atoms with Gasteiger partial charge >= 0.3 is 0 Å². The number of nitrogen functional groups attached to an aromatic ring is 1. The lowest BCUT2D eigenvalue weighted by atomic mass is 10.1. The number of fused-ring (bicyclic) bond motifs is 2. The second-order valence-electron chi connectivity index (χ2n) is 7.44. The molecular formula is C22H20N10O2. The molecule has 0 aliphatic carbocycles. The van der Waals surface area contributed by atoms with E-state index in [1.165, 1.54) is 10.9 Å². The van der Waals surface area contributed by atoms with E-state index in [-0.39, 0.29) is 11.8 Å². The number of nitrogens with two attached hydrogens (primary N) is 1. The number of amides is 2. The van der Waals surface area contributed by atoms with Crippen molar-refractivity contribution in [1.82, 2.24) is 40.1 Å². The van der Waals surface area contributed by atoms with Crippen LogP contribution in [-0.4, -0.2) is 53.7 Å². The van der Waals surface area contributed by atoms with E-state index >= 15 is 0 Å². The summed E-state index contributed by atoms with van der Waals surface area (Å²) in [5.74, 6) is 6.70. The number of imidazole rings is 1. The molecule has 0 bridgehead atoms. The molecule has 170 valence electrons. The highest BCUT2D eigenvalue weighted by Crippen LogP contribution is 2.30. The lowest BCUT2D eigenvalue weighted by molar-refractivity contribution is -0.115. The molecule has 0 saturated heterocycles. The molecule has 0 aromatic carbocycles. The lowest BCUT2D eigenvalue weighted by Gasteiger charge is -2.05. The predicted molar refractivity (Wildman–Crippen MR) is 126 cm³/mol. The molecular weight excluding hydrogens is 436 g/mol. The van der Waals surface area contributed by atoms with Gasteiger partial charge in [0.15, 0.2) is 17.1 Å². The zero-order valence-electron chi connectivity index (χ0n) is 18.3. The standard InChI is InChI=1S/C22H20N10O2/c1-3-16(33)28-15-5-4-11(9-26-15)12-8-14-18(30-31-19(14)27-10-12)21-29-17-13(22(34)24-2)6-7-25-20(17)32(21)23/h4-10H,3,23H2,1-2H3,(H,24,34)(H,26,28,33)(H,27,30,31). The van der Waals surface area contributed by atoms with Gasteiger partial charge in [-0.05, 0) is 24.3 Å². The third kappa shape index (κ3) is 3.46. The number of anilines is 1. The van der Waals surface area contributed by atoms with E-state index in [1.807, 2.05) is 12.1 Å². The van der Waals surface area contributed by atoms with Gasteiger partial charge in [-0.3, -0.25) is 14.7 Å². The van der Waals surface area contributed by atoms with Crippen LogP contribution in [0.15, 0.2) is 42.9 Å². The van der Waals surface area contributed by atoms with Gasteiger partial charge in [-0.15, -0.1) is 0 Å². The summed E-state index contributed by atoms with van der Waals surface area (Å²) in [5.41, 5.74) is 3.69. The normalized spacial score (nSPS) is 11.1. The molecule has 12 nitrogen and oxygen atoms in total. The Bertz CT molecular complexity index is 1550. The number of H-pyrrole nitrogens is 1. The molecule has 5 aromatic heterocycles. The zero-order chi connectivity index (χ0) is 23.8. The number of hydrogen-bond donors (Lipinski definition) is 4. The van der Waals surface area contributed by atoms with E-state index in [1.54, 1.807) is 38.5 Å². The van der Waals surface area contributed by atoms with Crippen molar-refractivity contribution in [3.63, 3.8) is 0 Å². The van der Waals surface area contributed by atoms with Crippen LogP contribution in [0.5, 0.6) is 0 Å². The number of rotatable bonds is 5. The number of pyridine rings is 3. The number of hydrogen-bond acceptors (Lipinski definition) is 8. The van der Waals surface area contributed by atoms with Crippen molar-refractivity contribution < 1.29 is 9.59 Å². The maximum Gasteiger partial charge on any atom is 0.253 e. The van der Waals surface area contributed by atoms with Gasteiger partial charge < -0.3 is 16.5 Å². The van der Waals surface area contributed by atoms with Crippen LogP contribution >= 0.6 is 0 Å². The maximum absolute atomic E-state index is 12.3. The number of nitrogens with one attached hydrogen (secondary N) is 3. The van der Waals surface area contributed by atoms with Crippen molar-refractivity contribution in [3.05, 3.63) is 48.4 Å². The average Bonchev–Trinajstić information content (AvgIpc) is 3.44. The fourth-order valence-corrected chi connectivity index (χ4v) is 3.58. The van der Waals surface area contributed by atoms with Crippen LogP contribution in [0.3, 0.4) is 0 Å². The smallest absolute Gasteiger partial charge is 0.253 e. The van der Waals surface area contributed by atoms with Crippen molar-refractivity contribution >= 4 is 39.8 Å². The first-order valence-corrected chi connectivity index (χ1v) is 10.5. The van der Waals surface area contributed by atoms with E-state index in [4.69, 9.17) is 5.84 Å². The molecule has 5 aromatic rings. The minimum absolute atomic E-state index is 0.106. The molecule has 34 heavy (non-hydrogen) atoms. The summed E-state index contributed by atoms with van der Waals surface area (Å²) < 4.78 is 1.30. The molecule has 5 N–H and O–H groups in total. The number of aromatic amines is 1. The highest BCUT2D eigenvalue weighted by molar-refractivity contribution is 6.05. The highest BCUT2D eigenvalue weighted by Gasteiger charge is 2.21. The second kappa shape index (κ2) is 8.24. The van der Waals surface area contributed by atoms with Gasteiger partial charge in [0, 0.05) is 43.2 Å². The van der Waals surface area contributed by atoms with Crippen LogP contribution in [-0.2, 0) is 4.79 Å². The van der Waals surface area contributed by atoms with Crippen molar-refractivity contribution in [1.29, 1.82) is 0 Å². The summed E-state index contributed by atoms with van der Waals surface area (Å²) in [5, 5.41) is 13.3. The summed E-state index contributed by atoms with van der Waals surface area (Å²) in [7, 11) is 1.54. The molecule has 0 atom stereocenters. The van der Waals surface area contributed by atoms with E-state index in [9.17, 15) is 9.59 Å². The molecule has 0 radical (unpaired) electrons. The van der Waals surface area contributed by atoms with Gasteiger partial charge in [-0.2, -0.15) is 5.10 Å². The summed E-state index contributed by atoms with van der Waals surface area (Å²) in [6.45, 7) is 1.78. The van der Waals surface area contributed by atoms with Crippen molar-refractivity contribution in [3.8, 4) is 22.6 Å². The van der Waals surface area contributed by atoms with E-state index in [0.717, 1.165) is 11.1 Å². The molecule has 0 unspecified atom stereocenters. The SMILES string of the molecule is CCC(=O)Nc1ccc(-c2cnc3[nH]nc(-c4nc5c(C(=O)NC)ccnc5n4N)c3c2)cn1. The summed E-state index contributed by atoms with van der Waals surface area (Å²) >= 11 is 0. The Morgan fingerprint density at radius 3 is 2.68 bits per heavy atom. The van der Waals surface area contributed by atoms with Crippen LogP contribution in [0.1, 0.15) is 23.7 Å². The fourth-order valence-electron chi connectivity index (χ4n) is 3.58. The molecule has 5 heterocycles. The first-order valence-electron chi connectivity index (χ1n) is 10.5. The topological polar surface area (TPSA) is 169 Å². The molecule has 0 aliphatic rings. The van der Waals surface area contributed by atoms with Crippen molar-refractivity contribution in [2.75, 3.05) is 18.2 Å². The Morgan fingerprint density at radius 1 is 1.12 bits per heavy atom. The third-order valence-corrected chi connectivity index (χ3v) is 5.36. The maximum atomic E-state index is 12.3. The largest absolute Gasteiger partial charge is 0.355 e. The lowest BCUT2D eigenvalue weighted by Crippen LogP contribution is -2.18. The quantitative estimate of drug-likeness (QED) is 0.290. The van der Waals surface area contributed by atoms with Crippen LogP contribution in [0, 0.1) is 0 Å². The first kappa shape index (κ1) is 21.0. The monoisotopic (exact) mass is 456 g/mol. The Morgan fingerprint density at radius 2 is 1.94 bits per heavy atom. The van der Waals surface area contributed by atoms with Crippen LogP contribution in [0.2, 0.25) is 0 Å². The van der Waals surface area contributed by atoms with Crippen LogP contribution < -0.4 is 16.5 Å². The highest BCUT2D eigenvalue weighted by atomic mass is 16.2. The number of nitrogens with zero attached hydrogens (tertiary/aromatic N) is 6. The molecule has 0 saturated carbocycles. The molecule has 5 rings (SSSR count). The van der Waals surface area contributed by atoms with Crippen LogP contribution in [0.25, 0.3) is 44.8 Å². The first-order chi connectivity index (χ1) is 16.5. The van der Waals surface area contributed by atoms with Gasteiger partial charge in [0.2, 0.25) is 5.91 Å². The number of carbonyl (C=O) groups excluding carboxylic acids is 2. The molecule has 2 amide bonds. The second-order valence-corrected chi connectivity index (χ2v) is 7.44. The Labute approximate surface area is 192 Å². The van der Waals surface area contributed by atoms with Crippen molar-refractivity contribution in [2.45, 2.75) is 13.3 Å². The minimum atomic E-state index is -0.293. The Balaban J connectivity index is 1.58. The summed E-state index contributed by atoms with van der Waals surface area (Å²) in [4.78, 5) is 41.4. The molecule has 0 spiro atoms. The third-order valence-electron chi connectivity index (χ3n) is 5.36. The molecule has 12 heteroatoms. The van der Waals surface area contributed by atoms with E-state index < -0.39 is 0 Å². The molecule has 0 fully saturated rings. The summed E-state index contributed by atoms with van der Waals surface area (Å²) in [6, 6.07) is 7.06. The Kier molecular flexibility index (Phi) is 5.09. The van der Waals surface area contributed by atoms with Gasteiger partial charge in [-0.1, -0.05) is 6.92 Å². The predicted octanol–water partition coefficient (Wildman–Crippen LogP) is 1.85. The van der Waals surface area contributed by atoms with E-state index in [2.05, 4.69) is 40.8 Å². The van der Waals surface area contributed by atoms with Crippen LogP contribution in [0.4, 0.5) is 5.82 Å². The van der Waals surface area contributed by atoms with Gasteiger partial charge in [0.25, 0.3) is 5.91 Å². The number of aromatic nitrogens is 7. The van der Waals surface area contributed by atoms with Crippen molar-refractivity contribution in [2.24, 2.45) is 0 Å². The molecule has 0 aliphatic heterocycles. The van der Waals surface area contributed by atoms with Gasteiger partial charge in [0.1, 0.15) is 17.0 Å². The van der Waals surface area contributed by atoms with Gasteiger partial charge in [0.05, 0.1) is 10.9 Å². The zero-order valence-corrected chi connectivity index (χ0v) is 18.3. The summed E-state index contributed by atoms with van der Waals surface area (Å²) in [6.07, 6.45) is 5.23. The van der Waals surface area contributed by atoms with Gasteiger partial charge in [-0.25, -0.2) is 24.6 Å². The Hall–Kier alpha value is -4.87. The average molecular weight is 456 g/mol. The number of carbonyl (C=O) groups is 2. The minimum Gasteiger partial charge on any atom is -0.355 e. The fraction of sp³-hybridized carbons (Fsp3) is 0.136. The van der Waals surface area contributed by atoms with E-state index in [0.29, 0.717) is 51.5 Å².